The Kier molecular flexibility index (Phi) is 6.77. The number of nitrogens with zero attached hydrogens (tertiary/aromatic N) is 2. The van der Waals surface area contributed by atoms with E-state index in [0.29, 0.717) is 5.82 Å². The Morgan fingerprint density at radius 1 is 0.352 bits per heavy atom. The highest BCUT2D eigenvalue weighted by Gasteiger charge is 2.51. The van der Waals surface area contributed by atoms with Crippen LogP contribution in [0.2, 0.25) is 0 Å². The Bertz CT molecular complexity index is 2880. The van der Waals surface area contributed by atoms with Gasteiger partial charge in [-0.2, -0.15) is 0 Å². The van der Waals surface area contributed by atoms with E-state index >= 15 is 0 Å². The number of ether oxygens (including phenoxy) is 1. The normalized spacial score (nSPS) is 13.1. The van der Waals surface area contributed by atoms with Gasteiger partial charge in [0.15, 0.2) is 5.82 Å². The molecular formula is C51H32N2O. The van der Waals surface area contributed by atoms with Crippen molar-refractivity contribution in [3.63, 3.8) is 0 Å². The highest BCUT2D eigenvalue weighted by Crippen LogP contribution is 2.62. The molecule has 1 spiro atoms. The Balaban J connectivity index is 1.17. The lowest BCUT2D eigenvalue weighted by Gasteiger charge is -2.39. The van der Waals surface area contributed by atoms with Crippen molar-refractivity contribution in [2.45, 2.75) is 5.41 Å². The summed E-state index contributed by atoms with van der Waals surface area (Å²) in [5.74, 6) is 2.43. The number of fused-ring (bicyclic) bond motifs is 10. The second kappa shape index (κ2) is 12.0. The van der Waals surface area contributed by atoms with E-state index < -0.39 is 5.41 Å². The van der Waals surface area contributed by atoms with Gasteiger partial charge in [-0.15, -0.1) is 0 Å². The summed E-state index contributed by atoms with van der Waals surface area (Å²) < 4.78 is 6.59. The van der Waals surface area contributed by atoms with Gasteiger partial charge in [0.25, 0.3) is 0 Å². The van der Waals surface area contributed by atoms with Gasteiger partial charge in [-0.25, -0.2) is 9.97 Å². The minimum absolute atomic E-state index is 0.575. The number of aromatic nitrogens is 2. The standard InChI is InChI=1S/C51H32N2O/c1-2-16-34(17-3-1)46-32-47(41-22-7-6-20-38(41)37-23-14-18-33-15-4-5-19-36(33)37)53-50(52-46)35-29-30-40-39-21-8-9-24-42(39)51(45(40)31-35)43-25-10-12-27-48(43)54-49-28-13-11-26-44(49)51/h1-32H. The monoisotopic (exact) mass is 688 g/mol. The van der Waals surface area contributed by atoms with E-state index in [1.54, 1.807) is 0 Å². The molecule has 1 aliphatic carbocycles. The number of benzene rings is 8. The van der Waals surface area contributed by atoms with Crippen LogP contribution in [0.3, 0.4) is 0 Å². The predicted molar refractivity (Wildman–Crippen MR) is 219 cm³/mol. The van der Waals surface area contributed by atoms with Crippen LogP contribution < -0.4 is 4.74 Å². The van der Waals surface area contributed by atoms with Gasteiger partial charge in [0.1, 0.15) is 11.5 Å². The highest BCUT2D eigenvalue weighted by atomic mass is 16.5. The van der Waals surface area contributed by atoms with Crippen LogP contribution in [0.25, 0.3) is 66.9 Å². The maximum Gasteiger partial charge on any atom is 0.160 e. The zero-order valence-electron chi connectivity index (χ0n) is 29.3. The summed E-state index contributed by atoms with van der Waals surface area (Å²) >= 11 is 0. The predicted octanol–water partition coefficient (Wildman–Crippen LogP) is 12.8. The van der Waals surface area contributed by atoms with Crippen molar-refractivity contribution in [2.75, 3.05) is 0 Å². The van der Waals surface area contributed by atoms with Crippen molar-refractivity contribution in [1.29, 1.82) is 0 Å². The number of rotatable bonds is 4. The molecule has 3 heteroatoms. The second-order valence-corrected chi connectivity index (χ2v) is 14.1. The fourth-order valence-corrected chi connectivity index (χ4v) is 8.87. The van der Waals surface area contributed by atoms with Crippen molar-refractivity contribution in [3.8, 4) is 67.7 Å². The minimum Gasteiger partial charge on any atom is -0.457 e. The van der Waals surface area contributed by atoms with Crippen LogP contribution in [0.5, 0.6) is 11.5 Å². The quantitative estimate of drug-likeness (QED) is 0.185. The summed E-state index contributed by atoms with van der Waals surface area (Å²) in [6.45, 7) is 0. The van der Waals surface area contributed by atoms with Gasteiger partial charge in [-0.3, -0.25) is 0 Å². The third-order valence-electron chi connectivity index (χ3n) is 11.2. The van der Waals surface area contributed by atoms with Gasteiger partial charge in [0.05, 0.1) is 16.8 Å². The van der Waals surface area contributed by atoms with E-state index in [9.17, 15) is 0 Å². The molecule has 252 valence electrons. The van der Waals surface area contributed by atoms with Gasteiger partial charge in [0.2, 0.25) is 0 Å². The molecule has 0 saturated heterocycles. The molecule has 0 radical (unpaired) electrons. The molecule has 1 aliphatic heterocycles. The molecule has 0 amide bonds. The molecule has 1 aromatic heterocycles. The average Bonchev–Trinajstić information content (AvgIpc) is 3.53. The molecule has 2 heterocycles. The van der Waals surface area contributed by atoms with Crippen LogP contribution in [0.1, 0.15) is 22.3 Å². The molecule has 3 nitrogen and oxygen atoms in total. The Morgan fingerprint density at radius 3 is 1.72 bits per heavy atom. The first-order chi connectivity index (χ1) is 26.8. The number of hydrogen-bond acceptors (Lipinski definition) is 3. The van der Waals surface area contributed by atoms with Gasteiger partial charge in [-0.1, -0.05) is 170 Å². The van der Waals surface area contributed by atoms with Crippen LogP contribution >= 0.6 is 0 Å². The first-order valence-electron chi connectivity index (χ1n) is 18.4. The van der Waals surface area contributed by atoms with Gasteiger partial charge >= 0.3 is 0 Å². The molecular weight excluding hydrogens is 657 g/mol. The molecule has 0 unspecified atom stereocenters. The maximum atomic E-state index is 6.59. The van der Waals surface area contributed by atoms with E-state index in [1.807, 2.05) is 6.07 Å². The van der Waals surface area contributed by atoms with Gasteiger partial charge < -0.3 is 4.74 Å². The van der Waals surface area contributed by atoms with Crippen LogP contribution in [-0.4, -0.2) is 9.97 Å². The average molecular weight is 689 g/mol. The lowest BCUT2D eigenvalue weighted by molar-refractivity contribution is 0.436. The van der Waals surface area contributed by atoms with Crippen LogP contribution in [-0.2, 0) is 5.41 Å². The summed E-state index contributed by atoms with van der Waals surface area (Å²) in [7, 11) is 0. The van der Waals surface area contributed by atoms with Crippen LogP contribution in [0.15, 0.2) is 194 Å². The van der Waals surface area contributed by atoms with Crippen molar-refractivity contribution in [2.24, 2.45) is 0 Å². The van der Waals surface area contributed by atoms with Crippen LogP contribution in [0.4, 0.5) is 0 Å². The molecule has 11 rings (SSSR count). The first kappa shape index (κ1) is 30.5. The third kappa shape index (κ3) is 4.49. The first-order valence-corrected chi connectivity index (χ1v) is 18.4. The summed E-state index contributed by atoms with van der Waals surface area (Å²) in [5, 5.41) is 2.42. The lowest BCUT2D eigenvalue weighted by Crippen LogP contribution is -2.32. The summed E-state index contributed by atoms with van der Waals surface area (Å²) in [6, 6.07) is 68.8. The van der Waals surface area contributed by atoms with Gasteiger partial charge in [0, 0.05) is 27.8 Å². The highest BCUT2D eigenvalue weighted by molar-refractivity contribution is 6.00. The van der Waals surface area contributed by atoms with E-state index in [0.717, 1.165) is 56.3 Å². The smallest absolute Gasteiger partial charge is 0.160 e. The number of para-hydroxylation sites is 2. The number of hydrogen-bond donors (Lipinski definition) is 0. The van der Waals surface area contributed by atoms with E-state index in [4.69, 9.17) is 14.7 Å². The molecule has 9 aromatic rings. The van der Waals surface area contributed by atoms with Crippen molar-refractivity contribution >= 4 is 10.8 Å². The molecule has 8 aromatic carbocycles. The summed E-state index contributed by atoms with van der Waals surface area (Å²) in [4.78, 5) is 10.7. The second-order valence-electron chi connectivity index (χ2n) is 14.1. The van der Waals surface area contributed by atoms with E-state index in [2.05, 4.69) is 188 Å². The third-order valence-corrected chi connectivity index (χ3v) is 11.2. The minimum atomic E-state index is -0.575. The molecule has 0 N–H and O–H groups in total. The molecule has 54 heavy (non-hydrogen) atoms. The lowest BCUT2D eigenvalue weighted by atomic mass is 9.66. The van der Waals surface area contributed by atoms with E-state index in [1.165, 1.54) is 38.6 Å². The fraction of sp³-hybridized carbons (Fsp3) is 0.0196. The largest absolute Gasteiger partial charge is 0.457 e. The molecule has 0 fully saturated rings. The Hall–Kier alpha value is -7.10. The SMILES string of the molecule is c1ccc(-c2cc(-c3ccccc3-c3cccc4ccccc34)nc(-c3ccc4c(c3)C3(c5ccccc5Oc5ccccc53)c3ccccc3-4)n2)cc1. The van der Waals surface area contributed by atoms with Crippen LogP contribution in [0, 0.1) is 0 Å². The summed E-state index contributed by atoms with van der Waals surface area (Å²) in [5.41, 5.74) is 13.7. The molecule has 0 atom stereocenters. The molecule has 0 bridgehead atoms. The zero-order valence-corrected chi connectivity index (χ0v) is 29.3. The topological polar surface area (TPSA) is 35.0 Å². The molecule has 0 saturated carbocycles. The fourth-order valence-electron chi connectivity index (χ4n) is 8.87. The van der Waals surface area contributed by atoms with Gasteiger partial charge in [-0.05, 0) is 68.4 Å². The Labute approximate surface area is 313 Å². The van der Waals surface area contributed by atoms with E-state index in [-0.39, 0.29) is 0 Å². The summed E-state index contributed by atoms with van der Waals surface area (Å²) in [6.07, 6.45) is 0. The zero-order chi connectivity index (χ0) is 35.6. The Morgan fingerprint density at radius 2 is 0.926 bits per heavy atom. The van der Waals surface area contributed by atoms with Crippen molar-refractivity contribution in [3.05, 3.63) is 216 Å². The van der Waals surface area contributed by atoms with Crippen molar-refractivity contribution < 1.29 is 4.74 Å². The molecule has 2 aliphatic rings. The van der Waals surface area contributed by atoms with Crippen molar-refractivity contribution in [1.82, 2.24) is 9.97 Å². The maximum absolute atomic E-state index is 6.59.